The Bertz CT molecular complexity index is 359. The van der Waals surface area contributed by atoms with Gasteiger partial charge < -0.3 is 10.6 Å². The highest BCUT2D eigenvalue weighted by Gasteiger charge is 2.48. The molecule has 0 aliphatic heterocycles. The quantitative estimate of drug-likeness (QED) is 0.846. The molecule has 0 aromatic rings. The summed E-state index contributed by atoms with van der Waals surface area (Å²) in [4.78, 5) is 5.08. The van der Waals surface area contributed by atoms with E-state index < -0.39 is 0 Å². The highest BCUT2D eigenvalue weighted by Crippen LogP contribution is 2.47. The zero-order valence-corrected chi connectivity index (χ0v) is 15.2. The Morgan fingerprint density at radius 1 is 1.05 bits per heavy atom. The van der Waals surface area contributed by atoms with Crippen molar-refractivity contribution in [1.29, 1.82) is 0 Å². The van der Waals surface area contributed by atoms with Crippen LogP contribution in [0.25, 0.3) is 0 Å². The summed E-state index contributed by atoms with van der Waals surface area (Å²) in [6.07, 6.45) is 7.88. The second-order valence-electron chi connectivity index (χ2n) is 9.11. The highest BCUT2D eigenvalue weighted by atomic mass is 15.3. The number of nitrogens with two attached hydrogens (primary N) is 1. The van der Waals surface area contributed by atoms with Gasteiger partial charge in [0.05, 0.1) is 0 Å². The van der Waals surface area contributed by atoms with Gasteiger partial charge in [-0.15, -0.1) is 0 Å². The van der Waals surface area contributed by atoms with Gasteiger partial charge in [-0.05, 0) is 71.0 Å². The molecule has 0 aromatic heterocycles. The summed E-state index contributed by atoms with van der Waals surface area (Å²) >= 11 is 0. The molecule has 0 amide bonds. The maximum atomic E-state index is 6.32. The normalized spacial score (nSPS) is 35.0. The number of nitrogens with zero attached hydrogens (tertiary/aromatic N) is 2. The molecule has 124 valence electrons. The number of rotatable bonds is 5. The highest BCUT2D eigenvalue weighted by molar-refractivity contribution is 5.05. The van der Waals surface area contributed by atoms with Crippen LogP contribution in [0.5, 0.6) is 0 Å². The van der Waals surface area contributed by atoms with Gasteiger partial charge in [-0.3, -0.25) is 4.90 Å². The Morgan fingerprint density at radius 2 is 1.67 bits per heavy atom. The topological polar surface area (TPSA) is 32.5 Å². The van der Waals surface area contributed by atoms with Crippen molar-refractivity contribution in [2.75, 3.05) is 34.2 Å². The fourth-order valence-corrected chi connectivity index (χ4v) is 5.24. The van der Waals surface area contributed by atoms with E-state index in [0.717, 1.165) is 12.5 Å². The third-order valence-electron chi connectivity index (χ3n) is 6.39. The second kappa shape index (κ2) is 5.82. The molecular weight excluding hydrogens is 258 g/mol. The molecule has 0 saturated heterocycles. The molecule has 2 rings (SSSR count). The lowest BCUT2D eigenvalue weighted by molar-refractivity contribution is -0.0473. The van der Waals surface area contributed by atoms with E-state index in [1.54, 1.807) is 0 Å². The van der Waals surface area contributed by atoms with E-state index in [4.69, 9.17) is 5.73 Å². The van der Waals surface area contributed by atoms with Gasteiger partial charge in [-0.25, -0.2) is 0 Å². The molecule has 0 spiro atoms. The predicted octanol–water partition coefficient (Wildman–Crippen LogP) is 2.95. The molecule has 2 unspecified atom stereocenters. The third kappa shape index (κ3) is 3.30. The van der Waals surface area contributed by atoms with Crippen molar-refractivity contribution in [3.05, 3.63) is 0 Å². The third-order valence-corrected chi connectivity index (χ3v) is 6.39. The lowest BCUT2D eigenvalue weighted by Crippen LogP contribution is -2.64. The summed E-state index contributed by atoms with van der Waals surface area (Å²) in [6, 6.07) is 0. The molecule has 0 bridgehead atoms. The average molecular weight is 296 g/mol. The minimum atomic E-state index is 0.194. The summed E-state index contributed by atoms with van der Waals surface area (Å²) in [7, 11) is 6.82. The monoisotopic (exact) mass is 295 g/mol. The van der Waals surface area contributed by atoms with Gasteiger partial charge in [0.15, 0.2) is 0 Å². The first kappa shape index (κ1) is 17.2. The summed E-state index contributed by atoms with van der Waals surface area (Å²) in [5.74, 6) is 0.774. The summed E-state index contributed by atoms with van der Waals surface area (Å²) in [5, 5.41) is 0. The van der Waals surface area contributed by atoms with E-state index in [1.807, 2.05) is 0 Å². The molecule has 21 heavy (non-hydrogen) atoms. The van der Waals surface area contributed by atoms with Crippen LogP contribution in [0.15, 0.2) is 0 Å². The SMILES string of the molecule is CC1CC(C)(C)CC(CN)(N(C)CC2(N(C)C)CCC2)C1. The fraction of sp³-hybridized carbons (Fsp3) is 1.00. The van der Waals surface area contributed by atoms with Crippen LogP contribution in [0.1, 0.15) is 59.3 Å². The number of hydrogen-bond acceptors (Lipinski definition) is 3. The molecule has 0 aromatic carbocycles. The molecule has 2 atom stereocenters. The van der Waals surface area contributed by atoms with E-state index in [9.17, 15) is 0 Å². The van der Waals surface area contributed by atoms with Gasteiger partial charge in [0.1, 0.15) is 0 Å². The van der Waals surface area contributed by atoms with Gasteiger partial charge in [0, 0.05) is 24.2 Å². The van der Waals surface area contributed by atoms with Gasteiger partial charge in [0.2, 0.25) is 0 Å². The maximum absolute atomic E-state index is 6.32. The first-order valence-electron chi connectivity index (χ1n) is 8.74. The molecule has 3 nitrogen and oxygen atoms in total. The van der Waals surface area contributed by atoms with Crippen LogP contribution in [0.2, 0.25) is 0 Å². The Kier molecular flexibility index (Phi) is 4.78. The van der Waals surface area contributed by atoms with Crippen LogP contribution in [-0.4, -0.2) is 55.1 Å². The van der Waals surface area contributed by atoms with Crippen molar-refractivity contribution in [2.24, 2.45) is 17.1 Å². The molecule has 0 radical (unpaired) electrons. The Hall–Kier alpha value is -0.120. The molecule has 2 aliphatic rings. The standard InChI is InChI=1S/C18H37N3/c1-15-10-16(2,3)12-18(11-15,13-19)21(6)14-17(20(4)5)8-7-9-17/h15H,7-14,19H2,1-6H3. The van der Waals surface area contributed by atoms with Crippen molar-refractivity contribution in [1.82, 2.24) is 9.80 Å². The van der Waals surface area contributed by atoms with Crippen LogP contribution in [0.3, 0.4) is 0 Å². The molecular formula is C18H37N3. The molecule has 2 aliphatic carbocycles. The zero-order valence-electron chi connectivity index (χ0n) is 15.2. The van der Waals surface area contributed by atoms with E-state index >= 15 is 0 Å². The Balaban J connectivity index is 2.16. The van der Waals surface area contributed by atoms with E-state index in [2.05, 4.69) is 51.7 Å². The van der Waals surface area contributed by atoms with Crippen LogP contribution in [0.4, 0.5) is 0 Å². The summed E-state index contributed by atoms with van der Waals surface area (Å²) < 4.78 is 0. The lowest BCUT2D eigenvalue weighted by Gasteiger charge is -2.56. The van der Waals surface area contributed by atoms with Crippen LogP contribution < -0.4 is 5.73 Å². The van der Waals surface area contributed by atoms with Crippen molar-refractivity contribution >= 4 is 0 Å². The van der Waals surface area contributed by atoms with Crippen molar-refractivity contribution in [3.63, 3.8) is 0 Å². The largest absolute Gasteiger partial charge is 0.329 e. The Labute approximate surface area is 132 Å². The number of hydrogen-bond donors (Lipinski definition) is 1. The number of likely N-dealkylation sites (N-methyl/N-ethyl adjacent to an activating group) is 2. The first-order valence-corrected chi connectivity index (χ1v) is 8.74. The van der Waals surface area contributed by atoms with E-state index in [-0.39, 0.29) is 5.54 Å². The molecule has 2 saturated carbocycles. The second-order valence-corrected chi connectivity index (χ2v) is 9.11. The van der Waals surface area contributed by atoms with Crippen molar-refractivity contribution < 1.29 is 0 Å². The minimum Gasteiger partial charge on any atom is -0.329 e. The van der Waals surface area contributed by atoms with Crippen LogP contribution in [-0.2, 0) is 0 Å². The van der Waals surface area contributed by atoms with Crippen LogP contribution in [0, 0.1) is 11.3 Å². The summed E-state index contributed by atoms with van der Waals surface area (Å²) in [6.45, 7) is 9.21. The van der Waals surface area contributed by atoms with E-state index in [1.165, 1.54) is 45.1 Å². The average Bonchev–Trinajstić information content (AvgIpc) is 2.30. The molecule has 2 fully saturated rings. The van der Waals surface area contributed by atoms with Gasteiger partial charge in [-0.1, -0.05) is 20.8 Å². The van der Waals surface area contributed by atoms with Gasteiger partial charge >= 0.3 is 0 Å². The van der Waals surface area contributed by atoms with E-state index in [0.29, 0.717) is 11.0 Å². The zero-order chi connectivity index (χ0) is 15.9. The molecule has 0 heterocycles. The van der Waals surface area contributed by atoms with Crippen molar-refractivity contribution in [3.8, 4) is 0 Å². The molecule has 2 N–H and O–H groups in total. The molecule has 3 heteroatoms. The lowest BCUT2D eigenvalue weighted by atomic mass is 9.63. The summed E-state index contributed by atoms with van der Waals surface area (Å²) in [5.41, 5.74) is 7.32. The smallest absolute Gasteiger partial charge is 0.0337 e. The van der Waals surface area contributed by atoms with Crippen LogP contribution >= 0.6 is 0 Å². The predicted molar refractivity (Wildman–Crippen MR) is 91.5 cm³/mol. The Morgan fingerprint density at radius 3 is 2.05 bits per heavy atom. The minimum absolute atomic E-state index is 0.194. The van der Waals surface area contributed by atoms with Gasteiger partial charge in [0.25, 0.3) is 0 Å². The van der Waals surface area contributed by atoms with Gasteiger partial charge in [-0.2, -0.15) is 0 Å². The fourth-order valence-electron chi connectivity index (χ4n) is 5.24. The maximum Gasteiger partial charge on any atom is 0.0337 e. The van der Waals surface area contributed by atoms with Crippen molar-refractivity contribution in [2.45, 2.75) is 70.4 Å². The first-order chi connectivity index (χ1) is 9.65.